The molecule has 1 aliphatic heterocycles. The Morgan fingerprint density at radius 2 is 1.54 bits per heavy atom. The first kappa shape index (κ1) is 16.9. The Hall–Kier alpha value is -1.98. The molecule has 1 amide bonds. The molecular weight excluding hydrogens is 334 g/mol. The summed E-state index contributed by atoms with van der Waals surface area (Å²) in [6.45, 7) is 2.96. The average Bonchev–Trinajstić information content (AvgIpc) is 2.57. The summed E-state index contributed by atoms with van der Waals surface area (Å²) in [5.41, 5.74) is 0.669. The molecule has 0 aromatic heterocycles. The van der Waals surface area contributed by atoms with E-state index < -0.39 is 23.1 Å². The van der Waals surface area contributed by atoms with Crippen molar-refractivity contribution in [1.82, 2.24) is 9.80 Å². The number of hydrogen-bond acceptors (Lipinski definition) is 2. The molecule has 3 rings (SSSR count). The number of amides is 1. The Bertz CT molecular complexity index is 708. The van der Waals surface area contributed by atoms with Gasteiger partial charge in [0.25, 0.3) is 5.91 Å². The minimum atomic E-state index is -0.816. The summed E-state index contributed by atoms with van der Waals surface area (Å²) < 4.78 is 27.5. The zero-order chi connectivity index (χ0) is 17.1. The third kappa shape index (κ3) is 3.74. The highest BCUT2D eigenvalue weighted by atomic mass is 35.5. The van der Waals surface area contributed by atoms with Crippen molar-refractivity contribution in [3.63, 3.8) is 0 Å². The van der Waals surface area contributed by atoms with E-state index in [1.54, 1.807) is 0 Å². The molecule has 0 bridgehead atoms. The van der Waals surface area contributed by atoms with Crippen molar-refractivity contribution in [3.05, 3.63) is 70.2 Å². The molecule has 2 aromatic carbocycles. The molecule has 0 aliphatic carbocycles. The fraction of sp³-hybridized carbons (Fsp3) is 0.278. The van der Waals surface area contributed by atoms with E-state index in [4.69, 9.17) is 11.6 Å². The quantitative estimate of drug-likeness (QED) is 0.844. The van der Waals surface area contributed by atoms with Crippen LogP contribution in [0.15, 0.2) is 42.5 Å². The summed E-state index contributed by atoms with van der Waals surface area (Å²) in [4.78, 5) is 16.1. The summed E-state index contributed by atoms with van der Waals surface area (Å²) in [6.07, 6.45) is 0. The van der Waals surface area contributed by atoms with Crippen LogP contribution in [0.5, 0.6) is 0 Å². The number of hydrogen-bond donors (Lipinski definition) is 0. The SMILES string of the molecule is O=C(c1c(F)cccc1F)N1CCN(Cc2ccc(Cl)cc2)CC1. The van der Waals surface area contributed by atoms with E-state index in [1.165, 1.54) is 11.0 Å². The van der Waals surface area contributed by atoms with Crippen molar-refractivity contribution in [3.8, 4) is 0 Å². The van der Waals surface area contributed by atoms with E-state index in [0.29, 0.717) is 31.2 Å². The Kier molecular flexibility index (Phi) is 5.11. The van der Waals surface area contributed by atoms with E-state index in [1.807, 2.05) is 24.3 Å². The normalized spacial score (nSPS) is 15.5. The largest absolute Gasteiger partial charge is 0.336 e. The number of carbonyl (C=O) groups is 1. The lowest BCUT2D eigenvalue weighted by Gasteiger charge is -2.34. The average molecular weight is 351 g/mol. The van der Waals surface area contributed by atoms with Gasteiger partial charge in [0.1, 0.15) is 17.2 Å². The molecule has 1 heterocycles. The molecule has 2 aromatic rings. The fourth-order valence-electron chi connectivity index (χ4n) is 2.82. The highest BCUT2D eigenvalue weighted by Gasteiger charge is 2.26. The Morgan fingerprint density at radius 3 is 2.12 bits per heavy atom. The van der Waals surface area contributed by atoms with Gasteiger partial charge in [-0.25, -0.2) is 8.78 Å². The smallest absolute Gasteiger partial charge is 0.259 e. The number of halogens is 3. The van der Waals surface area contributed by atoms with Crippen LogP contribution in [0.25, 0.3) is 0 Å². The van der Waals surface area contributed by atoms with Gasteiger partial charge in [0, 0.05) is 37.7 Å². The van der Waals surface area contributed by atoms with Crippen LogP contribution >= 0.6 is 11.6 Å². The monoisotopic (exact) mass is 350 g/mol. The molecule has 1 saturated heterocycles. The predicted molar refractivity (Wildman–Crippen MR) is 89.0 cm³/mol. The minimum Gasteiger partial charge on any atom is -0.336 e. The third-order valence-corrected chi connectivity index (χ3v) is 4.41. The van der Waals surface area contributed by atoms with Crippen molar-refractivity contribution in [2.75, 3.05) is 26.2 Å². The lowest BCUT2D eigenvalue weighted by Crippen LogP contribution is -2.48. The predicted octanol–water partition coefficient (Wildman–Crippen LogP) is 3.58. The first-order chi connectivity index (χ1) is 11.5. The molecule has 126 valence electrons. The van der Waals surface area contributed by atoms with Crippen molar-refractivity contribution in [2.24, 2.45) is 0 Å². The van der Waals surface area contributed by atoms with Gasteiger partial charge in [-0.05, 0) is 29.8 Å². The fourth-order valence-corrected chi connectivity index (χ4v) is 2.94. The molecule has 0 radical (unpaired) electrons. The van der Waals surface area contributed by atoms with E-state index >= 15 is 0 Å². The molecule has 0 unspecified atom stereocenters. The maximum Gasteiger partial charge on any atom is 0.259 e. The summed E-state index contributed by atoms with van der Waals surface area (Å²) in [6, 6.07) is 11.1. The van der Waals surface area contributed by atoms with Crippen LogP contribution in [-0.4, -0.2) is 41.9 Å². The topological polar surface area (TPSA) is 23.6 Å². The van der Waals surface area contributed by atoms with Crippen LogP contribution in [0.3, 0.4) is 0 Å². The standard InChI is InChI=1S/C18H17ClF2N2O/c19-14-6-4-13(5-7-14)12-22-8-10-23(11-9-22)18(24)17-15(20)2-1-3-16(17)21/h1-7H,8-12H2. The first-order valence-corrected chi connectivity index (χ1v) is 8.12. The molecule has 24 heavy (non-hydrogen) atoms. The molecule has 1 aliphatic rings. The number of benzene rings is 2. The summed E-state index contributed by atoms with van der Waals surface area (Å²) in [5.74, 6) is -2.22. The van der Waals surface area contributed by atoms with Crippen molar-refractivity contribution < 1.29 is 13.6 Å². The van der Waals surface area contributed by atoms with Gasteiger partial charge in [0.05, 0.1) is 0 Å². The van der Waals surface area contributed by atoms with Crippen LogP contribution in [0.4, 0.5) is 8.78 Å². The lowest BCUT2D eigenvalue weighted by atomic mass is 10.1. The van der Waals surface area contributed by atoms with E-state index in [2.05, 4.69) is 4.90 Å². The molecule has 3 nitrogen and oxygen atoms in total. The van der Waals surface area contributed by atoms with Gasteiger partial charge >= 0.3 is 0 Å². The van der Waals surface area contributed by atoms with Crippen LogP contribution in [0.2, 0.25) is 5.02 Å². The number of nitrogens with zero attached hydrogens (tertiary/aromatic N) is 2. The number of piperazine rings is 1. The lowest BCUT2D eigenvalue weighted by molar-refractivity contribution is 0.0619. The van der Waals surface area contributed by atoms with Crippen LogP contribution < -0.4 is 0 Å². The molecule has 1 fully saturated rings. The van der Waals surface area contributed by atoms with Crippen molar-refractivity contribution in [2.45, 2.75) is 6.54 Å². The van der Waals surface area contributed by atoms with E-state index in [-0.39, 0.29) is 0 Å². The first-order valence-electron chi connectivity index (χ1n) is 7.74. The van der Waals surface area contributed by atoms with Crippen molar-refractivity contribution in [1.29, 1.82) is 0 Å². The molecular formula is C18H17ClF2N2O. The van der Waals surface area contributed by atoms with Crippen LogP contribution in [-0.2, 0) is 6.54 Å². The molecule has 0 saturated carbocycles. The van der Waals surface area contributed by atoms with Gasteiger partial charge in [0.15, 0.2) is 0 Å². The van der Waals surface area contributed by atoms with E-state index in [0.717, 1.165) is 24.2 Å². The van der Waals surface area contributed by atoms with Gasteiger partial charge in [0.2, 0.25) is 0 Å². The summed E-state index contributed by atoms with van der Waals surface area (Å²) in [7, 11) is 0. The van der Waals surface area contributed by atoms with Gasteiger partial charge in [-0.1, -0.05) is 29.8 Å². The van der Waals surface area contributed by atoms with E-state index in [9.17, 15) is 13.6 Å². The van der Waals surface area contributed by atoms with Crippen LogP contribution in [0.1, 0.15) is 15.9 Å². The summed E-state index contributed by atoms with van der Waals surface area (Å²) >= 11 is 5.87. The summed E-state index contributed by atoms with van der Waals surface area (Å²) in [5, 5.41) is 0.695. The maximum absolute atomic E-state index is 13.7. The zero-order valence-electron chi connectivity index (χ0n) is 13.0. The Balaban J connectivity index is 1.60. The highest BCUT2D eigenvalue weighted by Crippen LogP contribution is 2.17. The van der Waals surface area contributed by atoms with Gasteiger partial charge in [-0.15, -0.1) is 0 Å². The second-order valence-corrected chi connectivity index (χ2v) is 6.23. The second-order valence-electron chi connectivity index (χ2n) is 5.79. The Morgan fingerprint density at radius 1 is 0.958 bits per heavy atom. The molecule has 6 heteroatoms. The van der Waals surface area contributed by atoms with Gasteiger partial charge < -0.3 is 4.90 Å². The molecule has 0 spiro atoms. The number of carbonyl (C=O) groups excluding carboxylic acids is 1. The van der Waals surface area contributed by atoms with Crippen molar-refractivity contribution >= 4 is 17.5 Å². The zero-order valence-corrected chi connectivity index (χ0v) is 13.8. The molecule has 0 N–H and O–H groups in total. The highest BCUT2D eigenvalue weighted by molar-refractivity contribution is 6.30. The van der Waals surface area contributed by atoms with Gasteiger partial charge in [-0.2, -0.15) is 0 Å². The minimum absolute atomic E-state index is 0.445. The second kappa shape index (κ2) is 7.28. The maximum atomic E-state index is 13.7. The van der Waals surface area contributed by atoms with Gasteiger partial charge in [-0.3, -0.25) is 9.69 Å². The third-order valence-electron chi connectivity index (χ3n) is 4.16. The number of rotatable bonds is 3. The Labute approximate surface area is 144 Å². The van der Waals surface area contributed by atoms with Crippen LogP contribution in [0, 0.1) is 11.6 Å². The molecule has 0 atom stereocenters.